The lowest BCUT2D eigenvalue weighted by atomic mass is 10.0. The van der Waals surface area contributed by atoms with Crippen LogP contribution in [0.15, 0.2) is 16.7 Å². The van der Waals surface area contributed by atoms with Crippen molar-refractivity contribution in [3.05, 3.63) is 23.7 Å². The summed E-state index contributed by atoms with van der Waals surface area (Å²) in [6.07, 6.45) is 1.33. The summed E-state index contributed by atoms with van der Waals surface area (Å²) in [6.45, 7) is 7.57. The van der Waals surface area contributed by atoms with Crippen LogP contribution in [0.3, 0.4) is 0 Å². The Morgan fingerprint density at radius 1 is 1.39 bits per heavy atom. The molecule has 0 aliphatic rings. The van der Waals surface area contributed by atoms with E-state index < -0.39 is 11.5 Å². The van der Waals surface area contributed by atoms with E-state index in [0.29, 0.717) is 11.3 Å². The fourth-order valence-corrected chi connectivity index (χ4v) is 1.66. The van der Waals surface area contributed by atoms with E-state index in [1.165, 1.54) is 6.26 Å². The normalized spacial score (nSPS) is 11.3. The number of furan rings is 1. The fourth-order valence-electron chi connectivity index (χ4n) is 1.66. The summed E-state index contributed by atoms with van der Waals surface area (Å²) in [5.74, 6) is -0.466. The van der Waals surface area contributed by atoms with Gasteiger partial charge in [0.25, 0.3) is 5.91 Å². The maximum atomic E-state index is 12.3. The predicted molar refractivity (Wildman–Crippen MR) is 66.5 cm³/mol. The first-order valence-corrected chi connectivity index (χ1v) is 5.80. The first kappa shape index (κ1) is 14.3. The number of carboxylic acids is 1. The van der Waals surface area contributed by atoms with Crippen molar-refractivity contribution in [3.8, 4) is 0 Å². The summed E-state index contributed by atoms with van der Waals surface area (Å²) in [6, 6.07) is 1.65. The molecule has 0 aliphatic carbocycles. The number of aliphatic carboxylic acids is 1. The van der Waals surface area contributed by atoms with Gasteiger partial charge in [-0.1, -0.05) is 0 Å². The van der Waals surface area contributed by atoms with Gasteiger partial charge < -0.3 is 14.4 Å². The average molecular weight is 253 g/mol. The van der Waals surface area contributed by atoms with Gasteiger partial charge in [0, 0.05) is 12.1 Å². The van der Waals surface area contributed by atoms with Crippen LogP contribution in [0.5, 0.6) is 0 Å². The van der Waals surface area contributed by atoms with Crippen LogP contribution in [-0.2, 0) is 4.79 Å². The third kappa shape index (κ3) is 3.61. The van der Waals surface area contributed by atoms with Crippen LogP contribution >= 0.6 is 0 Å². The molecule has 1 rings (SSSR count). The van der Waals surface area contributed by atoms with Crippen molar-refractivity contribution in [2.45, 2.75) is 39.7 Å². The van der Waals surface area contributed by atoms with E-state index in [1.54, 1.807) is 17.9 Å². The zero-order chi connectivity index (χ0) is 13.9. The molecule has 1 N–H and O–H groups in total. The molecule has 0 unspecified atom stereocenters. The molecular weight excluding hydrogens is 234 g/mol. The molecule has 0 saturated heterocycles. The number of hydrogen-bond donors (Lipinski definition) is 1. The molecule has 0 spiro atoms. The molecule has 1 aromatic rings. The molecule has 100 valence electrons. The number of carbonyl (C=O) groups is 2. The smallest absolute Gasteiger partial charge is 0.305 e. The molecule has 0 fully saturated rings. The van der Waals surface area contributed by atoms with Crippen LogP contribution in [0.1, 0.15) is 43.3 Å². The minimum atomic E-state index is -0.916. The summed E-state index contributed by atoms with van der Waals surface area (Å²) in [4.78, 5) is 24.5. The standard InChI is InChI=1S/C13H19NO4/c1-9-7-10(8-18-9)12(17)14(13(2,3)4)6-5-11(15)16/h7-8H,5-6H2,1-4H3,(H,15,16). The topological polar surface area (TPSA) is 70.8 Å². The molecule has 0 bridgehead atoms. The van der Waals surface area contributed by atoms with Crippen LogP contribution in [0.2, 0.25) is 0 Å². The molecule has 0 atom stereocenters. The van der Waals surface area contributed by atoms with Crippen LogP contribution in [0.25, 0.3) is 0 Å². The Labute approximate surface area is 106 Å². The van der Waals surface area contributed by atoms with Gasteiger partial charge >= 0.3 is 5.97 Å². The largest absolute Gasteiger partial charge is 0.481 e. The van der Waals surface area contributed by atoms with E-state index in [1.807, 2.05) is 20.8 Å². The van der Waals surface area contributed by atoms with E-state index in [-0.39, 0.29) is 18.9 Å². The van der Waals surface area contributed by atoms with Gasteiger partial charge in [-0.15, -0.1) is 0 Å². The van der Waals surface area contributed by atoms with Gasteiger partial charge in [-0.2, -0.15) is 0 Å². The molecule has 5 heteroatoms. The molecule has 0 aliphatic heterocycles. The number of hydrogen-bond acceptors (Lipinski definition) is 3. The number of amides is 1. The van der Waals surface area contributed by atoms with Gasteiger partial charge in [0.05, 0.1) is 12.0 Å². The lowest BCUT2D eigenvalue weighted by Gasteiger charge is -2.35. The van der Waals surface area contributed by atoms with E-state index in [2.05, 4.69) is 0 Å². The highest BCUT2D eigenvalue weighted by Gasteiger charge is 2.28. The zero-order valence-electron chi connectivity index (χ0n) is 11.2. The van der Waals surface area contributed by atoms with Crippen LogP contribution in [0, 0.1) is 6.92 Å². The van der Waals surface area contributed by atoms with Gasteiger partial charge in [-0.25, -0.2) is 0 Å². The third-order valence-electron chi connectivity index (χ3n) is 2.58. The first-order chi connectivity index (χ1) is 8.21. The Bertz CT molecular complexity index is 442. The fraction of sp³-hybridized carbons (Fsp3) is 0.538. The Kier molecular flexibility index (Phi) is 4.16. The molecule has 5 nitrogen and oxygen atoms in total. The minimum absolute atomic E-state index is 0.0696. The van der Waals surface area contributed by atoms with Gasteiger partial charge in [0.2, 0.25) is 0 Å². The monoisotopic (exact) mass is 253 g/mol. The predicted octanol–water partition coefficient (Wildman–Crippen LogP) is 2.30. The Balaban J connectivity index is 2.89. The van der Waals surface area contributed by atoms with Crippen molar-refractivity contribution in [3.63, 3.8) is 0 Å². The summed E-state index contributed by atoms with van der Waals surface area (Å²) < 4.78 is 5.11. The Morgan fingerprint density at radius 3 is 2.39 bits per heavy atom. The summed E-state index contributed by atoms with van der Waals surface area (Å²) >= 11 is 0. The highest BCUT2D eigenvalue weighted by Crippen LogP contribution is 2.19. The number of carboxylic acid groups (broad SMARTS) is 1. The first-order valence-electron chi connectivity index (χ1n) is 5.80. The maximum Gasteiger partial charge on any atom is 0.305 e. The quantitative estimate of drug-likeness (QED) is 0.893. The Morgan fingerprint density at radius 2 is 2.00 bits per heavy atom. The third-order valence-corrected chi connectivity index (χ3v) is 2.58. The molecule has 1 heterocycles. The van der Waals surface area contributed by atoms with Crippen LogP contribution < -0.4 is 0 Å². The lowest BCUT2D eigenvalue weighted by Crippen LogP contribution is -2.46. The van der Waals surface area contributed by atoms with Crippen molar-refractivity contribution in [1.29, 1.82) is 0 Å². The number of aryl methyl sites for hydroxylation is 1. The SMILES string of the molecule is Cc1cc(C(=O)N(CCC(=O)O)C(C)(C)C)co1. The molecule has 1 aromatic heterocycles. The summed E-state index contributed by atoms with van der Waals surface area (Å²) in [7, 11) is 0. The van der Waals surface area contributed by atoms with Crippen LogP contribution in [-0.4, -0.2) is 34.0 Å². The lowest BCUT2D eigenvalue weighted by molar-refractivity contribution is -0.137. The highest BCUT2D eigenvalue weighted by molar-refractivity contribution is 5.94. The zero-order valence-corrected chi connectivity index (χ0v) is 11.2. The van der Waals surface area contributed by atoms with Gasteiger partial charge in [0.15, 0.2) is 0 Å². The molecule has 0 radical (unpaired) electrons. The van der Waals surface area contributed by atoms with Gasteiger partial charge in [-0.3, -0.25) is 9.59 Å². The molecule has 0 aromatic carbocycles. The molecule has 18 heavy (non-hydrogen) atoms. The second kappa shape index (κ2) is 5.25. The summed E-state index contributed by atoms with van der Waals surface area (Å²) in [5, 5.41) is 8.73. The minimum Gasteiger partial charge on any atom is -0.481 e. The van der Waals surface area contributed by atoms with Crippen molar-refractivity contribution < 1.29 is 19.1 Å². The molecule has 1 amide bonds. The number of rotatable bonds is 4. The van der Waals surface area contributed by atoms with E-state index in [4.69, 9.17) is 9.52 Å². The average Bonchev–Trinajstić information content (AvgIpc) is 2.62. The summed E-state index contributed by atoms with van der Waals surface area (Å²) in [5.41, 5.74) is 0.0189. The highest BCUT2D eigenvalue weighted by atomic mass is 16.4. The van der Waals surface area contributed by atoms with Crippen molar-refractivity contribution >= 4 is 11.9 Å². The van der Waals surface area contributed by atoms with Crippen molar-refractivity contribution in [2.75, 3.05) is 6.54 Å². The van der Waals surface area contributed by atoms with Crippen LogP contribution in [0.4, 0.5) is 0 Å². The van der Waals surface area contributed by atoms with Gasteiger partial charge in [-0.05, 0) is 33.8 Å². The molecular formula is C13H19NO4. The number of nitrogens with zero attached hydrogens (tertiary/aromatic N) is 1. The molecule has 0 saturated carbocycles. The Hall–Kier alpha value is -1.78. The van der Waals surface area contributed by atoms with Crippen molar-refractivity contribution in [2.24, 2.45) is 0 Å². The van der Waals surface area contributed by atoms with E-state index in [0.717, 1.165) is 0 Å². The second-order valence-electron chi connectivity index (χ2n) is 5.22. The van der Waals surface area contributed by atoms with E-state index >= 15 is 0 Å². The maximum absolute atomic E-state index is 12.3. The van der Waals surface area contributed by atoms with Crippen molar-refractivity contribution in [1.82, 2.24) is 4.90 Å². The van der Waals surface area contributed by atoms with E-state index in [9.17, 15) is 9.59 Å². The number of carbonyl (C=O) groups excluding carboxylic acids is 1. The second-order valence-corrected chi connectivity index (χ2v) is 5.22. The van der Waals surface area contributed by atoms with Gasteiger partial charge in [0.1, 0.15) is 12.0 Å².